The molecule has 0 saturated carbocycles. The third kappa shape index (κ3) is 4.75. The van der Waals surface area contributed by atoms with Crippen molar-refractivity contribution in [1.29, 1.82) is 0 Å². The SMILES string of the molecule is COc1ccc2c(c1)COP(=O)(OC[C@H]1O[C@@H](n3cc(/C=C/Br)c(=O)[nH]c3=O)C[C@@H]1O)O2. The van der Waals surface area contributed by atoms with Gasteiger partial charge in [0.1, 0.15) is 23.8 Å². The molecule has 1 fully saturated rings. The van der Waals surface area contributed by atoms with Crippen molar-refractivity contribution < 1.29 is 32.7 Å². The molecule has 2 aliphatic heterocycles. The molecule has 0 radical (unpaired) electrons. The van der Waals surface area contributed by atoms with Gasteiger partial charge in [0.15, 0.2) is 0 Å². The molecule has 1 aromatic carbocycles. The Kier molecular flexibility index (Phi) is 6.70. The van der Waals surface area contributed by atoms with Crippen molar-refractivity contribution >= 4 is 29.8 Å². The molecule has 0 bridgehead atoms. The van der Waals surface area contributed by atoms with Crippen LogP contribution in [0.25, 0.3) is 6.08 Å². The van der Waals surface area contributed by atoms with Crippen molar-refractivity contribution in [1.82, 2.24) is 9.55 Å². The summed E-state index contributed by atoms with van der Waals surface area (Å²) in [5.41, 5.74) is -0.354. The summed E-state index contributed by atoms with van der Waals surface area (Å²) in [5, 5.41) is 10.4. The third-order valence-corrected chi connectivity index (χ3v) is 6.60. The van der Waals surface area contributed by atoms with E-state index in [0.717, 1.165) is 0 Å². The molecular weight excluding hydrogens is 511 g/mol. The van der Waals surface area contributed by atoms with Gasteiger partial charge < -0.3 is 19.1 Å². The van der Waals surface area contributed by atoms with Crippen LogP contribution in [0.1, 0.15) is 23.8 Å². The Morgan fingerprint density at radius 3 is 2.97 bits per heavy atom. The lowest BCUT2D eigenvalue weighted by atomic mass is 10.2. The fraction of sp³-hybridized carbons (Fsp3) is 0.368. The Balaban J connectivity index is 1.43. The average molecular weight is 531 g/mol. The second-order valence-electron chi connectivity index (χ2n) is 7.06. The maximum atomic E-state index is 12.8. The van der Waals surface area contributed by atoms with Crippen LogP contribution in [0, 0.1) is 0 Å². The Bertz CT molecular complexity index is 1190. The minimum absolute atomic E-state index is 0.00283. The first-order valence-electron chi connectivity index (χ1n) is 9.53. The largest absolute Gasteiger partial charge is 0.530 e. The summed E-state index contributed by atoms with van der Waals surface area (Å²) in [7, 11) is -2.41. The first kappa shape index (κ1) is 23.0. The molecule has 0 aliphatic carbocycles. The molecule has 4 atom stereocenters. The molecule has 172 valence electrons. The fourth-order valence-electron chi connectivity index (χ4n) is 3.35. The monoisotopic (exact) mass is 530 g/mol. The van der Waals surface area contributed by atoms with Crippen LogP contribution in [0.5, 0.6) is 11.5 Å². The topological polar surface area (TPSA) is 138 Å². The van der Waals surface area contributed by atoms with Gasteiger partial charge in [-0.25, -0.2) is 9.36 Å². The van der Waals surface area contributed by atoms with Gasteiger partial charge in [0.25, 0.3) is 5.56 Å². The molecule has 0 spiro atoms. The third-order valence-electron chi connectivity index (χ3n) is 5.01. The van der Waals surface area contributed by atoms with Gasteiger partial charge in [-0.3, -0.25) is 23.4 Å². The van der Waals surface area contributed by atoms with Gasteiger partial charge >= 0.3 is 13.5 Å². The number of aromatic nitrogens is 2. The van der Waals surface area contributed by atoms with Crippen molar-refractivity contribution in [2.75, 3.05) is 13.7 Å². The number of fused-ring (bicyclic) bond motifs is 1. The number of rotatable bonds is 6. The number of nitrogens with one attached hydrogen (secondary N) is 1. The van der Waals surface area contributed by atoms with E-state index >= 15 is 0 Å². The van der Waals surface area contributed by atoms with Gasteiger partial charge in [0.2, 0.25) is 0 Å². The Hall–Kier alpha value is -2.21. The number of phosphoric acid groups is 1. The van der Waals surface area contributed by atoms with Crippen LogP contribution in [0.2, 0.25) is 0 Å². The van der Waals surface area contributed by atoms with E-state index in [1.54, 1.807) is 18.2 Å². The normalized spacial score (nSPS) is 27.3. The van der Waals surface area contributed by atoms with E-state index in [2.05, 4.69) is 20.9 Å². The quantitative estimate of drug-likeness (QED) is 0.538. The van der Waals surface area contributed by atoms with E-state index in [0.29, 0.717) is 17.1 Å². The predicted octanol–water partition coefficient (Wildman–Crippen LogP) is 2.29. The number of methoxy groups -OCH3 is 1. The summed E-state index contributed by atoms with van der Waals surface area (Å²) < 4.78 is 40.9. The van der Waals surface area contributed by atoms with Crippen LogP contribution in [-0.4, -0.2) is 40.6 Å². The van der Waals surface area contributed by atoms with E-state index in [-0.39, 0.29) is 25.2 Å². The molecule has 4 rings (SSSR count). The van der Waals surface area contributed by atoms with Crippen molar-refractivity contribution in [2.24, 2.45) is 0 Å². The van der Waals surface area contributed by atoms with Gasteiger partial charge in [0, 0.05) is 18.2 Å². The minimum Gasteiger partial charge on any atom is -0.497 e. The van der Waals surface area contributed by atoms with Gasteiger partial charge in [-0.2, -0.15) is 0 Å². The van der Waals surface area contributed by atoms with Crippen LogP contribution in [-0.2, 0) is 25.0 Å². The van der Waals surface area contributed by atoms with Crippen LogP contribution < -0.4 is 20.5 Å². The van der Waals surface area contributed by atoms with Crippen LogP contribution in [0.4, 0.5) is 0 Å². The second kappa shape index (κ2) is 9.34. The van der Waals surface area contributed by atoms with Crippen molar-refractivity contribution in [3.05, 3.63) is 61.3 Å². The lowest BCUT2D eigenvalue weighted by Gasteiger charge is -2.26. The Morgan fingerprint density at radius 2 is 2.22 bits per heavy atom. The first-order valence-corrected chi connectivity index (χ1v) is 11.9. The number of H-pyrrole nitrogens is 1. The molecule has 2 N–H and O–H groups in total. The number of aromatic amines is 1. The highest BCUT2D eigenvalue weighted by Gasteiger charge is 2.40. The van der Waals surface area contributed by atoms with Crippen molar-refractivity contribution in [3.63, 3.8) is 0 Å². The number of aliphatic hydroxyl groups excluding tert-OH is 1. The van der Waals surface area contributed by atoms with E-state index in [9.17, 15) is 19.3 Å². The highest BCUT2D eigenvalue weighted by molar-refractivity contribution is 9.11. The number of benzene rings is 1. The average Bonchev–Trinajstić information content (AvgIpc) is 3.14. The highest BCUT2D eigenvalue weighted by Crippen LogP contribution is 2.55. The van der Waals surface area contributed by atoms with Crippen molar-refractivity contribution in [2.45, 2.75) is 31.5 Å². The molecule has 2 aliphatic rings. The highest BCUT2D eigenvalue weighted by atomic mass is 79.9. The predicted molar refractivity (Wildman–Crippen MR) is 116 cm³/mol. The molecule has 32 heavy (non-hydrogen) atoms. The number of hydrogen-bond acceptors (Lipinski definition) is 9. The number of halogens is 1. The van der Waals surface area contributed by atoms with Crippen LogP contribution in [0.15, 0.2) is 39.0 Å². The van der Waals surface area contributed by atoms with Gasteiger partial charge in [-0.05, 0) is 29.3 Å². The summed E-state index contributed by atoms with van der Waals surface area (Å²) in [6.07, 6.45) is 0.100. The summed E-state index contributed by atoms with van der Waals surface area (Å²) >= 11 is 3.08. The zero-order chi connectivity index (χ0) is 22.9. The first-order chi connectivity index (χ1) is 15.3. The number of phosphoric ester groups is 1. The smallest absolute Gasteiger partial charge is 0.497 e. The fourth-order valence-corrected chi connectivity index (χ4v) is 4.86. The maximum Gasteiger partial charge on any atom is 0.530 e. The van der Waals surface area contributed by atoms with E-state index < -0.39 is 37.5 Å². The Labute approximate surface area is 190 Å². The van der Waals surface area contributed by atoms with Crippen LogP contribution in [0.3, 0.4) is 0 Å². The molecule has 1 aromatic heterocycles. The van der Waals surface area contributed by atoms with Crippen LogP contribution >= 0.6 is 23.8 Å². The van der Waals surface area contributed by atoms with E-state index in [1.807, 2.05) is 0 Å². The minimum atomic E-state index is -3.94. The van der Waals surface area contributed by atoms with Gasteiger partial charge in [-0.15, -0.1) is 0 Å². The lowest BCUT2D eigenvalue weighted by molar-refractivity contribution is -0.0468. The Morgan fingerprint density at radius 1 is 1.41 bits per heavy atom. The van der Waals surface area contributed by atoms with Gasteiger partial charge in [-0.1, -0.05) is 15.9 Å². The molecule has 0 amide bonds. The van der Waals surface area contributed by atoms with E-state index in [4.69, 9.17) is 23.0 Å². The zero-order valence-electron chi connectivity index (χ0n) is 16.8. The number of aliphatic hydroxyl groups is 1. The number of ether oxygens (including phenoxy) is 2. The standard InChI is InChI=1S/C19H20BrN2O9P/c1-27-13-2-3-15-12(6-13)9-28-32(26,31-15)29-10-16-14(23)7-17(30-16)22-8-11(4-5-20)18(24)21-19(22)25/h2-6,8,14,16-17,23H,7,9-10H2,1H3,(H,21,24,25)/b5-4+/t14-,16+,17+,32?/m0/s1. The number of hydrogen-bond donors (Lipinski definition) is 2. The molecule has 1 saturated heterocycles. The van der Waals surface area contributed by atoms with Gasteiger partial charge in [0.05, 0.1) is 32.0 Å². The maximum absolute atomic E-state index is 12.8. The molecule has 13 heteroatoms. The molecule has 1 unspecified atom stereocenters. The summed E-state index contributed by atoms with van der Waals surface area (Å²) in [5.74, 6) is 0.952. The number of nitrogens with zero attached hydrogens (tertiary/aromatic N) is 1. The summed E-state index contributed by atoms with van der Waals surface area (Å²) in [6, 6.07) is 4.96. The van der Waals surface area contributed by atoms with Crippen molar-refractivity contribution in [3.8, 4) is 11.5 Å². The zero-order valence-corrected chi connectivity index (χ0v) is 19.3. The molecule has 2 aromatic rings. The molecule has 11 nitrogen and oxygen atoms in total. The summed E-state index contributed by atoms with van der Waals surface area (Å²) in [6.45, 7) is -0.302. The molecule has 3 heterocycles. The van der Waals surface area contributed by atoms with E-state index in [1.165, 1.54) is 28.9 Å². The lowest BCUT2D eigenvalue weighted by Crippen LogP contribution is -2.33. The second-order valence-corrected chi connectivity index (χ2v) is 9.18. The molecular formula is C19H20BrN2O9P. The summed E-state index contributed by atoms with van der Waals surface area (Å²) in [4.78, 5) is 27.7.